The number of carbonyl (C=O) groups is 1. The summed E-state index contributed by atoms with van der Waals surface area (Å²) in [5.74, 6) is 1.04. The van der Waals surface area contributed by atoms with E-state index in [4.69, 9.17) is 0 Å². The molecule has 2 heterocycles. The molecule has 2 aromatic rings. The lowest BCUT2D eigenvalue weighted by molar-refractivity contribution is -0.122. The Labute approximate surface area is 131 Å². The first-order valence-corrected chi connectivity index (χ1v) is 8.06. The van der Waals surface area contributed by atoms with Crippen molar-refractivity contribution >= 4 is 33.3 Å². The zero-order valence-electron chi connectivity index (χ0n) is 11.8. The minimum Gasteiger partial charge on any atom is -0.273 e. The van der Waals surface area contributed by atoms with E-state index in [2.05, 4.69) is 21.0 Å². The van der Waals surface area contributed by atoms with E-state index in [1.807, 2.05) is 36.2 Å². The summed E-state index contributed by atoms with van der Waals surface area (Å²) in [5.41, 5.74) is 1.81. The molecule has 1 fully saturated rings. The summed E-state index contributed by atoms with van der Waals surface area (Å²) >= 11 is 3.67. The molecule has 0 N–H and O–H groups in total. The van der Waals surface area contributed by atoms with Gasteiger partial charge in [-0.3, -0.25) is 14.4 Å². The summed E-state index contributed by atoms with van der Waals surface area (Å²) in [5, 5.41) is 4.22. The van der Waals surface area contributed by atoms with Crippen molar-refractivity contribution in [2.45, 2.75) is 31.1 Å². The maximum atomic E-state index is 13.3. The van der Waals surface area contributed by atoms with E-state index in [1.54, 1.807) is 10.9 Å². The highest BCUT2D eigenvalue weighted by molar-refractivity contribution is 9.10. The normalized spacial score (nSPS) is 19.5. The van der Waals surface area contributed by atoms with E-state index in [-0.39, 0.29) is 11.3 Å². The number of benzene rings is 1. The number of nitrogens with zero attached hydrogens (tertiary/aromatic N) is 3. The molecular weight excluding hydrogens is 330 g/mol. The smallest absolute Gasteiger partial charge is 0.243 e. The van der Waals surface area contributed by atoms with Crippen LogP contribution >= 0.6 is 15.9 Å². The van der Waals surface area contributed by atoms with Crippen LogP contribution in [0.2, 0.25) is 0 Å². The van der Waals surface area contributed by atoms with Gasteiger partial charge in [-0.1, -0.05) is 34.8 Å². The van der Waals surface area contributed by atoms with Crippen LogP contribution in [-0.2, 0) is 17.3 Å². The molecule has 1 aromatic carbocycles. The minimum absolute atomic E-state index is 0.200. The molecule has 1 saturated carbocycles. The number of hydrogen-bond acceptors (Lipinski definition) is 2. The molecule has 1 aliphatic heterocycles. The number of hydrogen-bond donors (Lipinski definition) is 0. The van der Waals surface area contributed by atoms with Gasteiger partial charge in [0.05, 0.1) is 17.3 Å². The van der Waals surface area contributed by atoms with Crippen molar-refractivity contribution in [1.82, 2.24) is 9.78 Å². The van der Waals surface area contributed by atoms with Gasteiger partial charge in [0, 0.05) is 23.2 Å². The summed E-state index contributed by atoms with van der Waals surface area (Å²) in [4.78, 5) is 15.1. The molecule has 0 unspecified atom stereocenters. The van der Waals surface area contributed by atoms with E-state index >= 15 is 0 Å². The van der Waals surface area contributed by atoms with E-state index < -0.39 is 0 Å². The quantitative estimate of drug-likeness (QED) is 0.790. The van der Waals surface area contributed by atoms with Gasteiger partial charge in [-0.25, -0.2) is 0 Å². The summed E-state index contributed by atoms with van der Waals surface area (Å²) in [6, 6.07) is 7.97. The molecule has 0 saturated heterocycles. The number of carbonyl (C=O) groups excluding carboxylic acids is 1. The molecule has 1 spiro atoms. The van der Waals surface area contributed by atoms with Gasteiger partial charge in [-0.05, 0) is 25.0 Å². The average molecular weight is 346 g/mol. The highest BCUT2D eigenvalue weighted by Crippen LogP contribution is 2.55. The molecule has 0 atom stereocenters. The molecule has 0 bridgehead atoms. The summed E-state index contributed by atoms with van der Waals surface area (Å²) in [6.45, 7) is 0. The van der Waals surface area contributed by atoms with Gasteiger partial charge in [0.25, 0.3) is 0 Å². The average Bonchev–Trinajstić information content (AvgIpc) is 3.14. The van der Waals surface area contributed by atoms with Gasteiger partial charge < -0.3 is 0 Å². The number of halogens is 1. The Morgan fingerprint density at radius 2 is 2.00 bits per heavy atom. The summed E-state index contributed by atoms with van der Waals surface area (Å²) < 4.78 is 2.80. The van der Waals surface area contributed by atoms with Crippen molar-refractivity contribution in [3.63, 3.8) is 0 Å². The van der Waals surface area contributed by atoms with Crippen LogP contribution in [0.4, 0.5) is 11.5 Å². The van der Waals surface area contributed by atoms with Gasteiger partial charge in [0.1, 0.15) is 5.82 Å². The van der Waals surface area contributed by atoms with Crippen molar-refractivity contribution in [2.75, 3.05) is 4.90 Å². The van der Waals surface area contributed by atoms with Crippen LogP contribution < -0.4 is 4.90 Å². The number of anilines is 2. The van der Waals surface area contributed by atoms with Gasteiger partial charge in [0.2, 0.25) is 5.91 Å². The van der Waals surface area contributed by atoms with E-state index in [1.165, 1.54) is 0 Å². The molecule has 21 heavy (non-hydrogen) atoms. The van der Waals surface area contributed by atoms with E-state index in [0.717, 1.165) is 47.2 Å². The SMILES string of the molecule is Cn1nccc1N1C(=O)C2(CCCC2)c2c(Br)cccc21. The molecule has 1 aliphatic carbocycles. The van der Waals surface area contributed by atoms with Crippen molar-refractivity contribution in [1.29, 1.82) is 0 Å². The van der Waals surface area contributed by atoms with E-state index in [0.29, 0.717) is 0 Å². The monoisotopic (exact) mass is 345 g/mol. The Morgan fingerprint density at radius 3 is 2.67 bits per heavy atom. The third kappa shape index (κ3) is 1.61. The molecule has 4 rings (SSSR count). The molecule has 1 amide bonds. The molecule has 0 radical (unpaired) electrons. The van der Waals surface area contributed by atoms with Crippen molar-refractivity contribution in [3.8, 4) is 0 Å². The number of fused-ring (bicyclic) bond motifs is 2. The number of aryl methyl sites for hydroxylation is 1. The second kappa shape index (κ2) is 4.44. The van der Waals surface area contributed by atoms with Gasteiger partial charge in [0.15, 0.2) is 0 Å². The number of amides is 1. The van der Waals surface area contributed by atoms with Crippen LogP contribution in [0.25, 0.3) is 0 Å². The van der Waals surface area contributed by atoms with E-state index in [9.17, 15) is 4.79 Å². The predicted molar refractivity (Wildman–Crippen MR) is 84.6 cm³/mol. The highest BCUT2D eigenvalue weighted by atomic mass is 79.9. The predicted octanol–water partition coefficient (Wildman–Crippen LogP) is 3.67. The molecule has 1 aromatic heterocycles. The molecule has 4 nitrogen and oxygen atoms in total. The molecular formula is C16H16BrN3O. The van der Waals surface area contributed by atoms with Crippen LogP contribution in [0.3, 0.4) is 0 Å². The lowest BCUT2D eigenvalue weighted by atomic mass is 9.80. The Hall–Kier alpha value is -1.62. The van der Waals surface area contributed by atoms with Crippen molar-refractivity contribution in [3.05, 3.63) is 40.5 Å². The summed E-state index contributed by atoms with van der Waals surface area (Å²) in [7, 11) is 1.87. The molecule has 5 heteroatoms. The van der Waals surface area contributed by atoms with Crippen molar-refractivity contribution in [2.24, 2.45) is 7.05 Å². The summed E-state index contributed by atoms with van der Waals surface area (Å²) in [6.07, 6.45) is 5.85. The number of rotatable bonds is 1. The second-order valence-electron chi connectivity index (χ2n) is 5.88. The first-order chi connectivity index (χ1) is 10.1. The van der Waals surface area contributed by atoms with Crippen LogP contribution in [0.5, 0.6) is 0 Å². The van der Waals surface area contributed by atoms with Gasteiger partial charge in [-0.15, -0.1) is 0 Å². The topological polar surface area (TPSA) is 38.1 Å². The first-order valence-electron chi connectivity index (χ1n) is 7.27. The lowest BCUT2D eigenvalue weighted by Crippen LogP contribution is -2.36. The Kier molecular flexibility index (Phi) is 2.76. The maximum Gasteiger partial charge on any atom is 0.243 e. The van der Waals surface area contributed by atoms with Crippen molar-refractivity contribution < 1.29 is 4.79 Å². The second-order valence-corrected chi connectivity index (χ2v) is 6.73. The van der Waals surface area contributed by atoms with Crippen LogP contribution in [0.1, 0.15) is 31.2 Å². The highest BCUT2D eigenvalue weighted by Gasteiger charge is 2.54. The van der Waals surface area contributed by atoms with Gasteiger partial charge >= 0.3 is 0 Å². The maximum absolute atomic E-state index is 13.3. The standard InChI is InChI=1S/C16H16BrN3O/c1-19-13(7-10-18-19)20-12-6-4-5-11(17)14(12)16(15(20)21)8-2-3-9-16/h4-7,10H,2-3,8-9H2,1H3. The minimum atomic E-state index is -0.348. The fourth-order valence-corrected chi connectivity index (χ4v) is 4.59. The third-order valence-electron chi connectivity index (χ3n) is 4.80. The Bertz CT molecular complexity index is 731. The van der Waals surface area contributed by atoms with Crippen LogP contribution in [0.15, 0.2) is 34.9 Å². The Balaban J connectivity index is 1.98. The largest absolute Gasteiger partial charge is 0.273 e. The molecule has 2 aliphatic rings. The fourth-order valence-electron chi connectivity index (χ4n) is 3.86. The Morgan fingerprint density at radius 1 is 1.24 bits per heavy atom. The zero-order valence-corrected chi connectivity index (χ0v) is 13.4. The van der Waals surface area contributed by atoms with Crippen LogP contribution in [-0.4, -0.2) is 15.7 Å². The third-order valence-corrected chi connectivity index (χ3v) is 5.47. The fraction of sp³-hybridized carbons (Fsp3) is 0.375. The lowest BCUT2D eigenvalue weighted by Gasteiger charge is -2.23. The van der Waals surface area contributed by atoms with Gasteiger partial charge in [-0.2, -0.15) is 5.10 Å². The van der Waals surface area contributed by atoms with Crippen LogP contribution in [0, 0.1) is 0 Å². The molecule has 108 valence electrons. The first kappa shape index (κ1) is 13.1. The number of aromatic nitrogens is 2. The zero-order chi connectivity index (χ0) is 14.6.